The Kier molecular flexibility index (Phi) is 7.53. The minimum Gasteiger partial charge on any atom is -0.353 e. The van der Waals surface area contributed by atoms with Crippen LogP contribution in [0.3, 0.4) is 0 Å². The molecule has 0 saturated carbocycles. The molecule has 0 aliphatic rings. The molecule has 0 fully saturated rings. The Bertz CT molecular complexity index is 393. The lowest BCUT2D eigenvalue weighted by molar-refractivity contribution is 0.663. The van der Waals surface area contributed by atoms with Gasteiger partial charge in [-0.05, 0) is 31.5 Å². The van der Waals surface area contributed by atoms with Crippen molar-refractivity contribution in [3.8, 4) is 0 Å². The summed E-state index contributed by atoms with van der Waals surface area (Å²) in [5, 5.41) is 4.06. The van der Waals surface area contributed by atoms with E-state index in [1.807, 2.05) is 18.2 Å². The van der Waals surface area contributed by atoms with Crippen molar-refractivity contribution in [1.29, 1.82) is 0 Å². The molecule has 1 N–H and O–H groups in total. The Hall–Kier alpha value is -1.06. The van der Waals surface area contributed by atoms with Gasteiger partial charge in [0.25, 0.3) is 0 Å². The molecular weight excluding hydrogens is 258 g/mol. The van der Waals surface area contributed by atoms with Crippen LogP contribution in [-0.2, 0) is 6.54 Å². The number of hydrogen-bond acceptors (Lipinski definition) is 3. The molecule has 1 aromatic heterocycles. The van der Waals surface area contributed by atoms with E-state index in [0.717, 1.165) is 49.0 Å². The lowest BCUT2D eigenvalue weighted by Gasteiger charge is -2.22. The van der Waals surface area contributed by atoms with E-state index in [4.69, 9.17) is 11.6 Å². The van der Waals surface area contributed by atoms with Crippen molar-refractivity contribution in [2.45, 2.75) is 33.2 Å². The summed E-state index contributed by atoms with van der Waals surface area (Å²) in [6.45, 7) is 11.6. The molecular formula is C15H24ClN3. The van der Waals surface area contributed by atoms with E-state index >= 15 is 0 Å². The molecule has 0 unspecified atom stereocenters. The summed E-state index contributed by atoms with van der Waals surface area (Å²) in [6.07, 6.45) is 4.10. The average Bonchev–Trinajstić information content (AvgIpc) is 2.41. The third-order valence-electron chi connectivity index (χ3n) is 2.79. The van der Waals surface area contributed by atoms with E-state index in [-0.39, 0.29) is 0 Å². The first-order valence-corrected chi connectivity index (χ1v) is 7.32. The highest BCUT2D eigenvalue weighted by Gasteiger charge is 2.09. The molecule has 4 heteroatoms. The first-order valence-electron chi connectivity index (χ1n) is 6.94. The molecule has 0 aromatic carbocycles. The summed E-state index contributed by atoms with van der Waals surface area (Å²) in [5.74, 6) is 0.972. The number of nitrogens with zero attached hydrogens (tertiary/aromatic N) is 2. The maximum atomic E-state index is 6.19. The third-order valence-corrected chi connectivity index (χ3v) is 3.13. The predicted molar refractivity (Wildman–Crippen MR) is 83.9 cm³/mol. The van der Waals surface area contributed by atoms with Crippen molar-refractivity contribution in [1.82, 2.24) is 10.3 Å². The normalized spacial score (nSPS) is 10.5. The van der Waals surface area contributed by atoms with E-state index in [9.17, 15) is 0 Å². The van der Waals surface area contributed by atoms with Gasteiger partial charge in [-0.1, -0.05) is 31.5 Å². The minimum atomic E-state index is 0.717. The number of aromatic nitrogens is 1. The highest BCUT2D eigenvalue weighted by atomic mass is 35.5. The van der Waals surface area contributed by atoms with Crippen molar-refractivity contribution in [3.63, 3.8) is 0 Å². The lowest BCUT2D eigenvalue weighted by atomic mass is 10.3. The van der Waals surface area contributed by atoms with Crippen LogP contribution in [-0.4, -0.2) is 24.6 Å². The topological polar surface area (TPSA) is 28.2 Å². The van der Waals surface area contributed by atoms with E-state index in [1.54, 1.807) is 0 Å². The molecule has 1 heterocycles. The van der Waals surface area contributed by atoms with Crippen LogP contribution in [0.4, 0.5) is 5.82 Å². The summed E-state index contributed by atoms with van der Waals surface area (Å²) in [5.41, 5.74) is 0.915. The van der Waals surface area contributed by atoms with Crippen molar-refractivity contribution in [2.75, 3.05) is 24.5 Å². The number of rotatable bonds is 9. The molecule has 0 spiro atoms. The van der Waals surface area contributed by atoms with Gasteiger partial charge in [0.2, 0.25) is 0 Å². The summed E-state index contributed by atoms with van der Waals surface area (Å²) in [6, 6.07) is 3.91. The second-order valence-electron chi connectivity index (χ2n) is 4.51. The Morgan fingerprint density at radius 3 is 2.79 bits per heavy atom. The molecule has 0 aliphatic heterocycles. The third kappa shape index (κ3) is 5.21. The van der Waals surface area contributed by atoms with Crippen LogP contribution in [0.2, 0.25) is 5.02 Å². The molecule has 1 aromatic rings. The highest BCUT2D eigenvalue weighted by molar-refractivity contribution is 6.31. The maximum Gasteiger partial charge on any atom is 0.129 e. The van der Waals surface area contributed by atoms with Crippen LogP contribution in [0.1, 0.15) is 32.4 Å². The summed E-state index contributed by atoms with van der Waals surface area (Å²) in [4.78, 5) is 6.88. The van der Waals surface area contributed by atoms with Crippen LogP contribution >= 0.6 is 11.6 Å². The van der Waals surface area contributed by atoms with Gasteiger partial charge in [0.05, 0.1) is 10.7 Å². The van der Waals surface area contributed by atoms with Crippen LogP contribution in [0.15, 0.2) is 24.8 Å². The second-order valence-corrected chi connectivity index (χ2v) is 4.92. The highest BCUT2D eigenvalue weighted by Crippen LogP contribution is 2.19. The van der Waals surface area contributed by atoms with Crippen molar-refractivity contribution >= 4 is 17.4 Å². The lowest BCUT2D eigenvalue weighted by Crippen LogP contribution is -2.25. The number of anilines is 1. The van der Waals surface area contributed by atoms with Gasteiger partial charge in [-0.3, -0.25) is 0 Å². The fourth-order valence-electron chi connectivity index (χ4n) is 1.88. The van der Waals surface area contributed by atoms with Crippen LogP contribution in [0.25, 0.3) is 0 Å². The zero-order chi connectivity index (χ0) is 14.1. The quantitative estimate of drug-likeness (QED) is 0.553. The molecule has 1 rings (SSSR count). The van der Waals surface area contributed by atoms with Gasteiger partial charge in [0.1, 0.15) is 5.82 Å². The van der Waals surface area contributed by atoms with Gasteiger partial charge in [0.15, 0.2) is 0 Å². The molecule has 0 aliphatic carbocycles. The standard InChI is InChI=1S/C15H24ClN3/c1-4-9-17-12-14-13(16)7-8-15(18-14)19(10-5-2)11-6-3/h5,7-8,17H,2,4,6,9-12H2,1,3H3. The Morgan fingerprint density at radius 2 is 2.16 bits per heavy atom. The fourth-order valence-corrected chi connectivity index (χ4v) is 2.05. The summed E-state index contributed by atoms with van der Waals surface area (Å²) < 4.78 is 0. The van der Waals surface area contributed by atoms with Gasteiger partial charge in [-0.2, -0.15) is 0 Å². The Balaban J connectivity index is 2.82. The molecule has 106 valence electrons. The van der Waals surface area contributed by atoms with Crippen molar-refractivity contribution < 1.29 is 0 Å². The van der Waals surface area contributed by atoms with E-state index in [2.05, 4.69) is 35.6 Å². The van der Waals surface area contributed by atoms with Crippen molar-refractivity contribution in [2.24, 2.45) is 0 Å². The number of halogens is 1. The molecule has 0 saturated heterocycles. The summed E-state index contributed by atoms with van der Waals surface area (Å²) >= 11 is 6.19. The molecule has 0 amide bonds. The second kappa shape index (κ2) is 8.94. The van der Waals surface area contributed by atoms with Gasteiger partial charge in [0, 0.05) is 19.6 Å². The molecule has 0 radical (unpaired) electrons. The maximum absolute atomic E-state index is 6.19. The average molecular weight is 282 g/mol. The zero-order valence-corrected chi connectivity index (χ0v) is 12.7. The Labute approximate surface area is 121 Å². The van der Waals surface area contributed by atoms with Gasteiger partial charge in [-0.15, -0.1) is 6.58 Å². The number of nitrogens with one attached hydrogen (secondary N) is 1. The molecule has 0 atom stereocenters. The van der Waals surface area contributed by atoms with E-state index in [1.165, 1.54) is 0 Å². The first kappa shape index (κ1) is 16.0. The summed E-state index contributed by atoms with van der Waals surface area (Å²) in [7, 11) is 0. The van der Waals surface area contributed by atoms with Crippen LogP contribution in [0.5, 0.6) is 0 Å². The molecule has 19 heavy (non-hydrogen) atoms. The SMILES string of the molecule is C=CCN(CCC)c1ccc(Cl)c(CNCCC)n1. The smallest absolute Gasteiger partial charge is 0.129 e. The first-order chi connectivity index (χ1) is 9.22. The van der Waals surface area contributed by atoms with Gasteiger partial charge >= 0.3 is 0 Å². The molecule has 3 nitrogen and oxygen atoms in total. The monoisotopic (exact) mass is 281 g/mol. The number of hydrogen-bond donors (Lipinski definition) is 1. The molecule has 0 bridgehead atoms. The minimum absolute atomic E-state index is 0.717. The van der Waals surface area contributed by atoms with Crippen molar-refractivity contribution in [3.05, 3.63) is 35.5 Å². The van der Waals surface area contributed by atoms with Gasteiger partial charge < -0.3 is 10.2 Å². The zero-order valence-electron chi connectivity index (χ0n) is 12.0. The largest absolute Gasteiger partial charge is 0.353 e. The van der Waals surface area contributed by atoms with Crippen LogP contribution < -0.4 is 10.2 Å². The number of pyridine rings is 1. The predicted octanol–water partition coefficient (Wildman–Crippen LogP) is 3.64. The van der Waals surface area contributed by atoms with E-state index < -0.39 is 0 Å². The Morgan fingerprint density at radius 1 is 1.37 bits per heavy atom. The van der Waals surface area contributed by atoms with E-state index in [0.29, 0.717) is 6.54 Å². The van der Waals surface area contributed by atoms with Crippen LogP contribution in [0, 0.1) is 0 Å². The fraction of sp³-hybridized carbons (Fsp3) is 0.533. The van der Waals surface area contributed by atoms with Gasteiger partial charge in [-0.25, -0.2) is 4.98 Å².